The van der Waals surface area contributed by atoms with Gasteiger partial charge in [-0.3, -0.25) is 20.2 Å². The summed E-state index contributed by atoms with van der Waals surface area (Å²) in [6.45, 7) is 0.588. The van der Waals surface area contributed by atoms with E-state index in [4.69, 9.17) is 12.2 Å². The van der Waals surface area contributed by atoms with Crippen molar-refractivity contribution >= 4 is 23.2 Å². The highest BCUT2D eigenvalue weighted by Gasteiger charge is 2.11. The molecule has 0 aliphatic rings. The summed E-state index contributed by atoms with van der Waals surface area (Å²) in [6, 6.07) is 9.86. The molecular weight excluding hydrogens is 286 g/mol. The van der Waals surface area contributed by atoms with Gasteiger partial charge in [0.15, 0.2) is 5.11 Å². The summed E-state index contributed by atoms with van der Waals surface area (Å²) in [7, 11) is 1.66. The number of hydrazine groups is 1. The number of thiocarbonyl (C=S) groups is 1. The molecule has 0 aliphatic carbocycles. The maximum Gasteiger partial charge on any atom is 0.290 e. The van der Waals surface area contributed by atoms with E-state index in [9.17, 15) is 4.79 Å². The molecule has 0 bridgehead atoms. The maximum absolute atomic E-state index is 11.9. The van der Waals surface area contributed by atoms with E-state index >= 15 is 0 Å². The van der Waals surface area contributed by atoms with Gasteiger partial charge in [0.2, 0.25) is 0 Å². The fraction of sp³-hybridized carbons (Fsp3) is 0.143. The largest absolute Gasteiger partial charge is 0.357 e. The minimum absolute atomic E-state index is 0.232. The molecule has 0 saturated carbocycles. The van der Waals surface area contributed by atoms with Crippen LogP contribution in [0, 0.1) is 0 Å². The first-order valence-corrected chi connectivity index (χ1v) is 6.70. The second kappa shape index (κ2) is 7.30. The van der Waals surface area contributed by atoms with Crippen LogP contribution in [-0.2, 0) is 6.54 Å². The number of amides is 1. The topological polar surface area (TPSA) is 70.2 Å². The third kappa shape index (κ3) is 4.50. The molecule has 0 saturated heterocycles. The van der Waals surface area contributed by atoms with Crippen molar-refractivity contribution in [2.45, 2.75) is 6.54 Å². The number of hydrogen-bond donors (Lipinski definition) is 2. The number of hydrogen-bond acceptors (Lipinski definition) is 4. The zero-order valence-corrected chi connectivity index (χ0v) is 12.3. The molecule has 7 heteroatoms. The highest BCUT2D eigenvalue weighted by atomic mass is 32.1. The Labute approximate surface area is 128 Å². The Kier molecular flexibility index (Phi) is 5.16. The summed E-state index contributed by atoms with van der Waals surface area (Å²) in [4.78, 5) is 19.7. The van der Waals surface area contributed by atoms with E-state index in [0.29, 0.717) is 11.7 Å². The number of carbonyl (C=O) groups excluding carboxylic acids is 1. The van der Waals surface area contributed by atoms with Crippen LogP contribution in [0.2, 0.25) is 0 Å². The lowest BCUT2D eigenvalue weighted by Gasteiger charge is -2.21. The first-order valence-electron chi connectivity index (χ1n) is 6.29. The second-order valence-electron chi connectivity index (χ2n) is 4.23. The van der Waals surface area contributed by atoms with Crippen LogP contribution in [0.5, 0.6) is 0 Å². The van der Waals surface area contributed by atoms with Gasteiger partial charge in [0.25, 0.3) is 5.91 Å². The zero-order chi connectivity index (χ0) is 15.1. The predicted octanol–water partition coefficient (Wildman–Crippen LogP) is 1.13. The molecule has 2 rings (SSSR count). The molecule has 0 spiro atoms. The van der Waals surface area contributed by atoms with Crippen molar-refractivity contribution in [3.63, 3.8) is 0 Å². The van der Waals surface area contributed by atoms with Gasteiger partial charge >= 0.3 is 0 Å². The molecule has 0 fully saturated rings. The lowest BCUT2D eigenvalue weighted by atomic mass is 10.2. The molecule has 1 amide bonds. The number of aromatic nitrogens is 2. The van der Waals surface area contributed by atoms with Crippen molar-refractivity contribution in [1.82, 2.24) is 25.7 Å². The molecule has 1 heterocycles. The molecule has 108 valence electrons. The van der Waals surface area contributed by atoms with Crippen molar-refractivity contribution < 1.29 is 4.79 Å². The van der Waals surface area contributed by atoms with Gasteiger partial charge < -0.3 is 5.32 Å². The van der Waals surface area contributed by atoms with Crippen LogP contribution in [0.4, 0.5) is 0 Å². The van der Waals surface area contributed by atoms with Crippen molar-refractivity contribution in [2.75, 3.05) is 7.05 Å². The molecule has 0 atom stereocenters. The van der Waals surface area contributed by atoms with E-state index in [1.807, 2.05) is 30.3 Å². The predicted molar refractivity (Wildman–Crippen MR) is 83.1 cm³/mol. The molecule has 1 aromatic heterocycles. The minimum Gasteiger partial charge on any atom is -0.357 e. The Bertz CT molecular complexity index is 605. The normalized spacial score (nSPS) is 9.76. The quantitative estimate of drug-likeness (QED) is 0.654. The van der Waals surface area contributed by atoms with Crippen molar-refractivity contribution in [3.05, 3.63) is 60.2 Å². The molecule has 6 nitrogen and oxygen atoms in total. The first-order chi connectivity index (χ1) is 10.2. The van der Waals surface area contributed by atoms with Gasteiger partial charge in [-0.2, -0.15) is 0 Å². The van der Waals surface area contributed by atoms with E-state index in [0.717, 1.165) is 5.56 Å². The Hall–Kier alpha value is -2.54. The van der Waals surface area contributed by atoms with Gasteiger partial charge in [-0.1, -0.05) is 30.3 Å². The van der Waals surface area contributed by atoms with Crippen molar-refractivity contribution in [1.29, 1.82) is 0 Å². The minimum atomic E-state index is -0.366. The van der Waals surface area contributed by atoms with Crippen LogP contribution < -0.4 is 10.7 Å². The zero-order valence-electron chi connectivity index (χ0n) is 11.5. The molecule has 0 aliphatic heterocycles. The SMILES string of the molecule is CN(NC(=O)c1cnccn1)C(=S)NCc1ccccc1. The summed E-state index contributed by atoms with van der Waals surface area (Å²) in [6.07, 6.45) is 4.36. The molecule has 2 N–H and O–H groups in total. The fourth-order valence-electron chi connectivity index (χ4n) is 1.57. The van der Waals surface area contributed by atoms with Gasteiger partial charge in [-0.25, -0.2) is 4.98 Å². The molecule has 1 aromatic carbocycles. The van der Waals surface area contributed by atoms with Crippen LogP contribution in [0.25, 0.3) is 0 Å². The smallest absolute Gasteiger partial charge is 0.290 e. The maximum atomic E-state index is 11.9. The van der Waals surface area contributed by atoms with Gasteiger partial charge in [-0.05, 0) is 17.8 Å². The van der Waals surface area contributed by atoms with E-state index in [-0.39, 0.29) is 11.6 Å². The van der Waals surface area contributed by atoms with E-state index in [1.54, 1.807) is 7.05 Å². The highest BCUT2D eigenvalue weighted by Crippen LogP contribution is 1.98. The van der Waals surface area contributed by atoms with Crippen molar-refractivity contribution in [3.8, 4) is 0 Å². The molecular formula is C14H15N5OS. The Morgan fingerprint density at radius 3 is 2.71 bits per heavy atom. The van der Waals surface area contributed by atoms with Gasteiger partial charge in [-0.15, -0.1) is 0 Å². The average molecular weight is 301 g/mol. The first kappa shape index (κ1) is 14.9. The Morgan fingerprint density at radius 2 is 2.05 bits per heavy atom. The fourth-order valence-corrected chi connectivity index (χ4v) is 1.69. The summed E-state index contributed by atoms with van der Waals surface area (Å²) < 4.78 is 0. The summed E-state index contributed by atoms with van der Waals surface area (Å²) >= 11 is 5.21. The third-order valence-electron chi connectivity index (χ3n) is 2.66. The molecule has 21 heavy (non-hydrogen) atoms. The van der Waals surface area contributed by atoms with Crippen LogP contribution >= 0.6 is 12.2 Å². The molecule has 0 radical (unpaired) electrons. The summed E-state index contributed by atoms with van der Waals surface area (Å²) in [5.41, 5.74) is 3.96. The monoisotopic (exact) mass is 301 g/mol. The summed E-state index contributed by atoms with van der Waals surface area (Å²) in [5.74, 6) is -0.366. The van der Waals surface area contributed by atoms with Crippen LogP contribution in [0.3, 0.4) is 0 Å². The number of carbonyl (C=O) groups is 1. The van der Waals surface area contributed by atoms with Crippen LogP contribution in [-0.4, -0.2) is 33.0 Å². The van der Waals surface area contributed by atoms with E-state index in [1.165, 1.54) is 23.6 Å². The third-order valence-corrected chi connectivity index (χ3v) is 3.07. The highest BCUT2D eigenvalue weighted by molar-refractivity contribution is 7.80. The van der Waals surface area contributed by atoms with Gasteiger partial charge in [0.1, 0.15) is 5.69 Å². The number of nitrogens with zero attached hydrogens (tertiary/aromatic N) is 3. The Morgan fingerprint density at radius 1 is 1.29 bits per heavy atom. The number of nitrogens with one attached hydrogen (secondary N) is 2. The number of benzene rings is 1. The van der Waals surface area contributed by atoms with Crippen LogP contribution in [0.15, 0.2) is 48.9 Å². The Balaban J connectivity index is 1.84. The van der Waals surface area contributed by atoms with Gasteiger partial charge in [0.05, 0.1) is 6.20 Å². The number of rotatable bonds is 3. The van der Waals surface area contributed by atoms with Gasteiger partial charge in [0, 0.05) is 26.0 Å². The second-order valence-corrected chi connectivity index (χ2v) is 4.62. The van der Waals surface area contributed by atoms with E-state index < -0.39 is 0 Å². The molecule has 0 unspecified atom stereocenters. The molecule has 2 aromatic rings. The van der Waals surface area contributed by atoms with E-state index in [2.05, 4.69) is 20.7 Å². The average Bonchev–Trinajstić information content (AvgIpc) is 2.54. The lowest BCUT2D eigenvalue weighted by Crippen LogP contribution is -2.48. The summed E-state index contributed by atoms with van der Waals surface area (Å²) in [5, 5.41) is 4.91. The standard InChI is InChI=1S/C14H15N5OS/c1-19(18-13(20)12-10-15-7-8-16-12)14(21)17-9-11-5-3-2-4-6-11/h2-8,10H,9H2,1H3,(H,17,21)(H,18,20). The van der Waals surface area contributed by atoms with Crippen LogP contribution in [0.1, 0.15) is 16.1 Å². The van der Waals surface area contributed by atoms with Crippen molar-refractivity contribution in [2.24, 2.45) is 0 Å². The lowest BCUT2D eigenvalue weighted by molar-refractivity contribution is 0.0880.